The van der Waals surface area contributed by atoms with Crippen LogP contribution >= 0.6 is 0 Å². The predicted octanol–water partition coefficient (Wildman–Crippen LogP) is 4.87. The Bertz CT molecular complexity index is 634. The van der Waals surface area contributed by atoms with Crippen LogP contribution in [0.4, 0.5) is 10.1 Å². The van der Waals surface area contributed by atoms with E-state index in [4.69, 9.17) is 0 Å². The predicted molar refractivity (Wildman–Crippen MR) is 84.0 cm³/mol. The van der Waals surface area contributed by atoms with Gasteiger partial charge in [-0.15, -0.1) is 0 Å². The summed E-state index contributed by atoms with van der Waals surface area (Å²) in [6, 6.07) is 16.9. The van der Waals surface area contributed by atoms with Crippen LogP contribution < -0.4 is 4.90 Å². The van der Waals surface area contributed by atoms with Gasteiger partial charge in [0, 0.05) is 11.7 Å². The van der Waals surface area contributed by atoms with Crippen molar-refractivity contribution in [3.8, 4) is 0 Å². The number of para-hydroxylation sites is 1. The van der Waals surface area contributed by atoms with E-state index in [1.54, 1.807) is 12.1 Å². The van der Waals surface area contributed by atoms with Crippen molar-refractivity contribution < 1.29 is 4.39 Å². The molecule has 2 aliphatic rings. The Balaban J connectivity index is 1.76. The number of nitrogens with zero attached hydrogens (tertiary/aromatic N) is 1. The zero-order valence-corrected chi connectivity index (χ0v) is 12.1. The third kappa shape index (κ3) is 2.23. The number of hydrogen-bond donors (Lipinski definition) is 0. The SMILES string of the molecule is Fc1ccc([C@@H]2CCC[C@@H]3CCc4ccccc4N32)cc1. The molecule has 2 aromatic rings. The monoisotopic (exact) mass is 281 g/mol. The minimum Gasteiger partial charge on any atom is -0.361 e. The second-order valence-electron chi connectivity index (χ2n) is 6.23. The Kier molecular flexibility index (Phi) is 3.17. The summed E-state index contributed by atoms with van der Waals surface area (Å²) < 4.78 is 13.2. The molecule has 108 valence electrons. The summed E-state index contributed by atoms with van der Waals surface area (Å²) in [7, 11) is 0. The third-order valence-corrected chi connectivity index (χ3v) is 5.02. The summed E-state index contributed by atoms with van der Waals surface area (Å²) in [5.74, 6) is -0.148. The largest absolute Gasteiger partial charge is 0.361 e. The van der Waals surface area contributed by atoms with Gasteiger partial charge in [-0.05, 0) is 61.4 Å². The van der Waals surface area contributed by atoms with Gasteiger partial charge >= 0.3 is 0 Å². The highest BCUT2D eigenvalue weighted by molar-refractivity contribution is 5.58. The van der Waals surface area contributed by atoms with Crippen LogP contribution in [0.25, 0.3) is 0 Å². The molecule has 0 radical (unpaired) electrons. The number of piperidine rings is 1. The number of benzene rings is 2. The van der Waals surface area contributed by atoms with Gasteiger partial charge in [0.1, 0.15) is 5.82 Å². The van der Waals surface area contributed by atoms with E-state index >= 15 is 0 Å². The summed E-state index contributed by atoms with van der Waals surface area (Å²) >= 11 is 0. The second-order valence-corrected chi connectivity index (χ2v) is 6.23. The van der Waals surface area contributed by atoms with E-state index in [9.17, 15) is 4.39 Å². The van der Waals surface area contributed by atoms with Crippen molar-refractivity contribution in [2.24, 2.45) is 0 Å². The van der Waals surface area contributed by atoms with Crippen molar-refractivity contribution >= 4 is 5.69 Å². The summed E-state index contributed by atoms with van der Waals surface area (Å²) in [6.07, 6.45) is 6.15. The quantitative estimate of drug-likeness (QED) is 0.720. The van der Waals surface area contributed by atoms with Crippen LogP contribution in [-0.4, -0.2) is 6.04 Å². The molecule has 4 rings (SSSR count). The van der Waals surface area contributed by atoms with Gasteiger partial charge in [0.05, 0.1) is 6.04 Å². The fraction of sp³-hybridized carbons (Fsp3) is 0.368. The van der Waals surface area contributed by atoms with Gasteiger partial charge in [0.15, 0.2) is 0 Å². The van der Waals surface area contributed by atoms with Crippen LogP contribution in [0.3, 0.4) is 0 Å². The van der Waals surface area contributed by atoms with Crippen molar-refractivity contribution in [2.75, 3.05) is 4.90 Å². The molecule has 21 heavy (non-hydrogen) atoms. The molecule has 2 atom stereocenters. The molecule has 2 heterocycles. The minimum atomic E-state index is -0.148. The lowest BCUT2D eigenvalue weighted by Gasteiger charge is -2.47. The molecule has 0 amide bonds. The zero-order chi connectivity index (χ0) is 14.2. The van der Waals surface area contributed by atoms with Gasteiger partial charge in [-0.1, -0.05) is 30.3 Å². The molecule has 0 unspecified atom stereocenters. The van der Waals surface area contributed by atoms with Gasteiger partial charge in [-0.3, -0.25) is 0 Å². The molecule has 2 aromatic carbocycles. The standard InChI is InChI=1S/C19H20FN/c20-16-11-8-15(9-12-16)19-7-3-5-17-13-10-14-4-1-2-6-18(14)21(17)19/h1-2,4,6,8-9,11-12,17,19H,3,5,7,10,13H2/t17-,19+/m1/s1. The second kappa shape index (κ2) is 5.18. The molecule has 0 aromatic heterocycles. The van der Waals surface area contributed by atoms with Crippen molar-refractivity contribution in [1.29, 1.82) is 0 Å². The number of fused-ring (bicyclic) bond motifs is 3. The first-order chi connectivity index (χ1) is 10.3. The Morgan fingerprint density at radius 2 is 1.71 bits per heavy atom. The molecule has 0 aliphatic carbocycles. The third-order valence-electron chi connectivity index (χ3n) is 5.02. The topological polar surface area (TPSA) is 3.24 Å². The average Bonchev–Trinajstić information content (AvgIpc) is 2.55. The molecular weight excluding hydrogens is 261 g/mol. The molecule has 1 fully saturated rings. The lowest BCUT2D eigenvalue weighted by molar-refractivity contribution is 0.360. The number of anilines is 1. The van der Waals surface area contributed by atoms with Gasteiger partial charge in [0.25, 0.3) is 0 Å². The van der Waals surface area contributed by atoms with Crippen LogP contribution in [0.5, 0.6) is 0 Å². The summed E-state index contributed by atoms with van der Waals surface area (Å²) in [4.78, 5) is 2.61. The number of rotatable bonds is 1. The Labute approximate surface area is 125 Å². The van der Waals surface area contributed by atoms with Crippen LogP contribution in [0.15, 0.2) is 48.5 Å². The first-order valence-corrected chi connectivity index (χ1v) is 7.94. The van der Waals surface area contributed by atoms with E-state index in [0.717, 1.165) is 6.42 Å². The highest BCUT2D eigenvalue weighted by Crippen LogP contribution is 2.43. The zero-order valence-electron chi connectivity index (χ0n) is 12.1. The first-order valence-electron chi connectivity index (χ1n) is 7.94. The molecule has 0 spiro atoms. The van der Waals surface area contributed by atoms with E-state index < -0.39 is 0 Å². The maximum absolute atomic E-state index is 13.2. The van der Waals surface area contributed by atoms with Gasteiger partial charge in [0.2, 0.25) is 0 Å². The van der Waals surface area contributed by atoms with Gasteiger partial charge in [-0.25, -0.2) is 4.39 Å². The average molecular weight is 281 g/mol. The molecular formula is C19H20FN. The highest BCUT2D eigenvalue weighted by Gasteiger charge is 2.35. The Hall–Kier alpha value is -1.83. The van der Waals surface area contributed by atoms with Crippen LogP contribution in [0.1, 0.15) is 42.9 Å². The van der Waals surface area contributed by atoms with E-state index in [1.165, 1.54) is 42.5 Å². The van der Waals surface area contributed by atoms with Crippen molar-refractivity contribution in [3.63, 3.8) is 0 Å². The number of aryl methyl sites for hydroxylation is 1. The van der Waals surface area contributed by atoms with Gasteiger partial charge < -0.3 is 4.90 Å². The Morgan fingerprint density at radius 1 is 0.905 bits per heavy atom. The summed E-state index contributed by atoms with van der Waals surface area (Å²) in [5, 5.41) is 0. The lowest BCUT2D eigenvalue weighted by atomic mass is 9.84. The highest BCUT2D eigenvalue weighted by atomic mass is 19.1. The number of hydrogen-bond acceptors (Lipinski definition) is 1. The molecule has 0 N–H and O–H groups in total. The van der Waals surface area contributed by atoms with Crippen LogP contribution in [0.2, 0.25) is 0 Å². The van der Waals surface area contributed by atoms with E-state index in [2.05, 4.69) is 29.2 Å². The lowest BCUT2D eigenvalue weighted by Crippen LogP contribution is -2.44. The maximum atomic E-state index is 13.2. The van der Waals surface area contributed by atoms with E-state index in [-0.39, 0.29) is 5.82 Å². The van der Waals surface area contributed by atoms with Crippen molar-refractivity contribution in [1.82, 2.24) is 0 Å². The number of halogens is 1. The molecule has 0 saturated carbocycles. The fourth-order valence-corrected chi connectivity index (χ4v) is 4.04. The van der Waals surface area contributed by atoms with Crippen LogP contribution in [-0.2, 0) is 6.42 Å². The molecule has 1 saturated heterocycles. The first kappa shape index (κ1) is 12.9. The van der Waals surface area contributed by atoms with E-state index in [1.807, 2.05) is 12.1 Å². The van der Waals surface area contributed by atoms with Crippen molar-refractivity contribution in [2.45, 2.75) is 44.2 Å². The summed E-state index contributed by atoms with van der Waals surface area (Å²) in [5.41, 5.74) is 4.10. The van der Waals surface area contributed by atoms with E-state index in [0.29, 0.717) is 12.1 Å². The molecule has 0 bridgehead atoms. The maximum Gasteiger partial charge on any atom is 0.123 e. The van der Waals surface area contributed by atoms with Gasteiger partial charge in [-0.2, -0.15) is 0 Å². The normalized spacial score (nSPS) is 24.3. The molecule has 1 nitrogen and oxygen atoms in total. The molecule has 2 aliphatic heterocycles. The minimum absolute atomic E-state index is 0.148. The smallest absolute Gasteiger partial charge is 0.123 e. The molecule has 2 heteroatoms. The van der Waals surface area contributed by atoms with Crippen LogP contribution in [0, 0.1) is 5.82 Å². The Morgan fingerprint density at radius 3 is 2.57 bits per heavy atom. The summed E-state index contributed by atoms with van der Waals surface area (Å²) in [6.45, 7) is 0. The fourth-order valence-electron chi connectivity index (χ4n) is 4.04. The van der Waals surface area contributed by atoms with Crippen molar-refractivity contribution in [3.05, 3.63) is 65.5 Å².